The number of aliphatic carboxylic acids is 1. The molecule has 3 N–H and O–H groups in total. The van der Waals surface area contributed by atoms with E-state index in [9.17, 15) is 24.3 Å². The van der Waals surface area contributed by atoms with Crippen molar-refractivity contribution in [3.63, 3.8) is 0 Å². The Bertz CT molecular complexity index is 2230. The van der Waals surface area contributed by atoms with Crippen LogP contribution < -0.4 is 10.6 Å². The number of piperazine rings is 1. The highest BCUT2D eigenvalue weighted by Crippen LogP contribution is 2.34. The summed E-state index contributed by atoms with van der Waals surface area (Å²) in [4.78, 5) is 60.4. The van der Waals surface area contributed by atoms with Gasteiger partial charge in [-0.1, -0.05) is 12.1 Å². The van der Waals surface area contributed by atoms with Crippen LogP contribution in [0.3, 0.4) is 0 Å². The smallest absolute Gasteiger partial charge is 0.359 e. The highest BCUT2D eigenvalue weighted by Gasteiger charge is 2.42. The predicted molar refractivity (Wildman–Crippen MR) is 219 cm³/mol. The molecule has 3 aliphatic rings. The van der Waals surface area contributed by atoms with Crippen LogP contribution in [0.2, 0.25) is 0 Å². The number of nitrogens with one attached hydrogen (secondary N) is 2. The third-order valence-corrected chi connectivity index (χ3v) is 12.6. The Labute approximate surface area is 343 Å². The third-order valence-electron chi connectivity index (χ3n) is 12.6. The van der Waals surface area contributed by atoms with Crippen LogP contribution >= 0.6 is 0 Å². The Morgan fingerprint density at radius 2 is 1.66 bits per heavy atom. The maximum Gasteiger partial charge on any atom is 0.359 e. The first kappa shape index (κ1) is 41.7. The molecule has 0 aliphatic carbocycles. The van der Waals surface area contributed by atoms with E-state index in [2.05, 4.69) is 20.7 Å². The number of imidazole rings is 1. The van der Waals surface area contributed by atoms with E-state index in [0.29, 0.717) is 120 Å². The predicted octanol–water partition coefficient (Wildman–Crippen LogP) is 3.73. The summed E-state index contributed by atoms with van der Waals surface area (Å²) in [6, 6.07) is 8.69. The van der Waals surface area contributed by atoms with Crippen molar-refractivity contribution < 1.29 is 37.9 Å². The topological polar surface area (TPSA) is 164 Å². The number of aromatic nitrogens is 4. The largest absolute Gasteiger partial charge is 0.477 e. The number of nitrogens with zero attached hydrogens (tertiary/aromatic N) is 7. The average Bonchev–Trinajstić information content (AvgIpc) is 3.77. The van der Waals surface area contributed by atoms with Crippen LogP contribution in [0.15, 0.2) is 42.7 Å². The number of hydrogen-bond acceptors (Lipinski definition) is 8. The van der Waals surface area contributed by atoms with Crippen LogP contribution in [0.4, 0.5) is 10.1 Å². The minimum atomic E-state index is -0.792. The Hall–Kier alpha value is -5.45. The van der Waals surface area contributed by atoms with Gasteiger partial charge in [0.05, 0.1) is 50.9 Å². The molecule has 16 heteroatoms. The summed E-state index contributed by atoms with van der Waals surface area (Å²) >= 11 is 0. The molecule has 0 atom stereocenters. The summed E-state index contributed by atoms with van der Waals surface area (Å²) in [6.45, 7) is 12.4. The molecule has 5 heterocycles. The van der Waals surface area contributed by atoms with Crippen molar-refractivity contribution >= 4 is 29.4 Å². The van der Waals surface area contributed by atoms with Gasteiger partial charge in [-0.15, -0.1) is 0 Å². The van der Waals surface area contributed by atoms with E-state index in [1.165, 1.54) is 0 Å². The molecule has 15 nitrogen and oxygen atoms in total. The molecule has 4 aromatic rings. The van der Waals surface area contributed by atoms with Crippen LogP contribution in [0.25, 0.3) is 22.4 Å². The minimum absolute atomic E-state index is 0.0976. The number of piperidine rings is 1. The number of methoxy groups -OCH3 is 1. The molecule has 0 bridgehead atoms. The van der Waals surface area contributed by atoms with Gasteiger partial charge in [-0.3, -0.25) is 19.1 Å². The monoisotopic (exact) mass is 812 g/mol. The van der Waals surface area contributed by atoms with E-state index in [-0.39, 0.29) is 35.9 Å². The number of carbonyl (C=O) groups is 4. The normalized spacial score (nSPS) is 19.7. The third kappa shape index (κ3) is 8.66. The van der Waals surface area contributed by atoms with Gasteiger partial charge in [-0.05, 0) is 50.1 Å². The van der Waals surface area contributed by atoms with Gasteiger partial charge in [-0.2, -0.15) is 5.10 Å². The Balaban J connectivity index is 0.939. The van der Waals surface area contributed by atoms with Crippen molar-refractivity contribution in [1.29, 1.82) is 0 Å². The number of likely N-dealkylation sites (tertiary alicyclic amines) is 1. The number of amides is 3. The van der Waals surface area contributed by atoms with Crippen molar-refractivity contribution in [3.05, 3.63) is 76.8 Å². The highest BCUT2D eigenvalue weighted by atomic mass is 19.1. The zero-order valence-corrected chi connectivity index (χ0v) is 34.6. The fraction of sp³-hybridized carbons (Fsp3) is 0.488. The van der Waals surface area contributed by atoms with Crippen LogP contribution in [-0.2, 0) is 27.9 Å². The quantitative estimate of drug-likeness (QED) is 0.171. The van der Waals surface area contributed by atoms with Gasteiger partial charge in [0.15, 0.2) is 12.4 Å². The molecule has 3 amide bonds. The number of rotatable bonds is 13. The SMILES string of the molecule is COCCn1ncc(-c2ccc(-c3cnc(C(=O)Nc4ccc(C(=O)N5CCN(C(=O)C6CC[N+](CC(=O)O)(CC7CNC7)CC6)CC5)c(C)c4)n3C)c(C)c2F)c1C. The van der Waals surface area contributed by atoms with Crippen molar-refractivity contribution in [2.75, 3.05) is 84.5 Å². The molecule has 59 heavy (non-hydrogen) atoms. The van der Waals surface area contributed by atoms with Crippen molar-refractivity contribution in [1.82, 2.24) is 34.4 Å². The van der Waals surface area contributed by atoms with Gasteiger partial charge in [0.2, 0.25) is 5.91 Å². The number of carboxylic acid groups (broad SMARTS) is 1. The number of anilines is 1. The second-order valence-electron chi connectivity index (χ2n) is 16.4. The molecule has 0 saturated carbocycles. The number of aryl methyl sites for hydroxylation is 1. The maximum atomic E-state index is 15.9. The van der Waals surface area contributed by atoms with E-state index in [4.69, 9.17) is 4.74 Å². The maximum absolute atomic E-state index is 15.9. The minimum Gasteiger partial charge on any atom is -0.477 e. The van der Waals surface area contributed by atoms with Gasteiger partial charge >= 0.3 is 5.97 Å². The molecule has 0 radical (unpaired) electrons. The van der Waals surface area contributed by atoms with E-state index in [0.717, 1.165) is 25.3 Å². The molecule has 2 aromatic heterocycles. The second kappa shape index (κ2) is 17.4. The van der Waals surface area contributed by atoms with Crippen molar-refractivity contribution in [2.24, 2.45) is 18.9 Å². The highest BCUT2D eigenvalue weighted by molar-refractivity contribution is 6.03. The molecule has 3 saturated heterocycles. The lowest BCUT2D eigenvalue weighted by Gasteiger charge is -2.46. The fourth-order valence-electron chi connectivity index (χ4n) is 8.96. The van der Waals surface area contributed by atoms with E-state index in [1.807, 2.05) is 24.8 Å². The molecular formula is C43H55FN9O6+. The van der Waals surface area contributed by atoms with Crippen molar-refractivity contribution in [2.45, 2.75) is 40.2 Å². The summed E-state index contributed by atoms with van der Waals surface area (Å²) < 4.78 is 25.0. The summed E-state index contributed by atoms with van der Waals surface area (Å²) in [6.07, 6.45) is 4.56. The van der Waals surface area contributed by atoms with Gasteiger partial charge < -0.3 is 39.3 Å². The molecule has 0 unspecified atom stereocenters. The number of quaternary nitrogens is 1. The fourth-order valence-corrected chi connectivity index (χ4v) is 8.96. The van der Waals surface area contributed by atoms with Gasteiger partial charge in [-0.25, -0.2) is 14.2 Å². The van der Waals surface area contributed by atoms with Crippen LogP contribution in [0, 0.1) is 38.4 Å². The number of benzene rings is 2. The average molecular weight is 813 g/mol. The first-order valence-electron chi connectivity index (χ1n) is 20.4. The summed E-state index contributed by atoms with van der Waals surface area (Å²) in [5.41, 5.74) is 5.30. The van der Waals surface area contributed by atoms with Crippen LogP contribution in [-0.4, -0.2) is 142 Å². The molecule has 0 spiro atoms. The first-order valence-corrected chi connectivity index (χ1v) is 20.4. The summed E-state index contributed by atoms with van der Waals surface area (Å²) in [5, 5.41) is 20.2. The lowest BCUT2D eigenvalue weighted by Crippen LogP contribution is -2.62. The van der Waals surface area contributed by atoms with Gasteiger partial charge in [0.1, 0.15) is 5.82 Å². The van der Waals surface area contributed by atoms with Gasteiger partial charge in [0.25, 0.3) is 11.8 Å². The first-order chi connectivity index (χ1) is 28.3. The zero-order chi connectivity index (χ0) is 42.0. The van der Waals surface area contributed by atoms with Gasteiger partial charge in [0, 0.05) is 112 Å². The number of ether oxygens (including phenoxy) is 1. The lowest BCUT2D eigenvalue weighted by atomic mass is 9.90. The molecule has 7 rings (SSSR count). The number of carbonyl (C=O) groups excluding carboxylic acids is 3. The molecule has 2 aromatic carbocycles. The number of hydrogen-bond donors (Lipinski definition) is 3. The van der Waals surface area contributed by atoms with Crippen LogP contribution in [0.1, 0.15) is 50.6 Å². The number of carboxylic acids is 1. The zero-order valence-electron chi connectivity index (χ0n) is 34.6. The Kier molecular flexibility index (Phi) is 12.3. The second-order valence-corrected chi connectivity index (χ2v) is 16.4. The summed E-state index contributed by atoms with van der Waals surface area (Å²) in [5.74, 6) is -1.15. The lowest BCUT2D eigenvalue weighted by molar-refractivity contribution is -0.929. The summed E-state index contributed by atoms with van der Waals surface area (Å²) in [7, 11) is 3.33. The van der Waals surface area contributed by atoms with E-state index >= 15 is 4.39 Å². The van der Waals surface area contributed by atoms with Crippen LogP contribution in [0.5, 0.6) is 0 Å². The van der Waals surface area contributed by atoms with E-state index in [1.54, 1.807) is 71.9 Å². The van der Waals surface area contributed by atoms with E-state index < -0.39 is 11.9 Å². The Morgan fingerprint density at radius 3 is 2.31 bits per heavy atom. The van der Waals surface area contributed by atoms with Crippen molar-refractivity contribution in [3.8, 4) is 22.4 Å². The Morgan fingerprint density at radius 1 is 0.966 bits per heavy atom. The molecule has 3 fully saturated rings. The molecule has 314 valence electrons. The standard InChI is InChI=1S/C43H54FN9O6/c1-27-20-32(48-41(56)40-46-24-37(49(40)4)34-8-9-35(39(44)28(34)2)36-23-47-52(29(36)3)16-19-59-5)6-7-33(27)43(58)51-14-12-50(13-15-51)42(57)31-10-17-53(18-11-31,26-38(54)55)25-30-21-45-22-30/h6-9,20,23-24,30-31,45H,10-19,21-22,25-26H2,1-5H3,(H-,48,54,55,56,58)/p+1. The number of halogens is 1. The molecule has 3 aliphatic heterocycles. The molecular weight excluding hydrogens is 758 g/mol.